The first-order valence-electron chi connectivity index (χ1n) is 8.28. The number of benzene rings is 1. The molecular weight excluding hydrogens is 322 g/mol. The molecule has 1 saturated heterocycles. The first kappa shape index (κ1) is 16.9. The zero-order valence-corrected chi connectivity index (χ0v) is 14.9. The molecule has 1 aromatic heterocycles. The smallest absolute Gasteiger partial charge is 0.257 e. The van der Waals surface area contributed by atoms with Crippen molar-refractivity contribution >= 4 is 23.2 Å². The van der Waals surface area contributed by atoms with Gasteiger partial charge in [0.15, 0.2) is 0 Å². The standard InChI is InChI=1S/C19H22ClN3O/c1-23(2)11-3-4-16(13-23)14-5-8-17(9-6-14)22-19(24)15-7-10-18(20)21-12-15/h5-10,12,16H,3-4,11,13H2,1-2H3/p+1. The monoisotopic (exact) mass is 344 g/mol. The summed E-state index contributed by atoms with van der Waals surface area (Å²) < 4.78 is 1.08. The van der Waals surface area contributed by atoms with Crippen molar-refractivity contribution in [3.05, 3.63) is 58.9 Å². The number of piperidine rings is 1. The van der Waals surface area contributed by atoms with E-state index in [1.165, 1.54) is 37.7 Å². The molecule has 1 aromatic carbocycles. The lowest BCUT2D eigenvalue weighted by Gasteiger charge is -2.38. The van der Waals surface area contributed by atoms with Crippen LogP contribution in [0.15, 0.2) is 42.6 Å². The highest BCUT2D eigenvalue weighted by Gasteiger charge is 2.28. The molecule has 3 rings (SSSR count). The number of carbonyl (C=O) groups is 1. The van der Waals surface area contributed by atoms with Gasteiger partial charge in [0.05, 0.1) is 32.7 Å². The predicted octanol–water partition coefficient (Wildman–Crippen LogP) is 3.94. The number of aromatic nitrogens is 1. The van der Waals surface area contributed by atoms with Crippen molar-refractivity contribution in [2.75, 3.05) is 32.5 Å². The number of amides is 1. The van der Waals surface area contributed by atoms with Gasteiger partial charge in [-0.1, -0.05) is 23.7 Å². The SMILES string of the molecule is C[N+]1(C)CCCC(c2ccc(NC(=O)c3ccc(Cl)nc3)cc2)C1. The summed E-state index contributed by atoms with van der Waals surface area (Å²) in [5.74, 6) is 0.418. The minimum absolute atomic E-state index is 0.178. The number of nitrogens with zero attached hydrogens (tertiary/aromatic N) is 2. The largest absolute Gasteiger partial charge is 0.328 e. The van der Waals surface area contributed by atoms with E-state index in [1.54, 1.807) is 12.1 Å². The quantitative estimate of drug-likeness (QED) is 0.677. The van der Waals surface area contributed by atoms with Gasteiger partial charge < -0.3 is 9.80 Å². The lowest BCUT2D eigenvalue weighted by Crippen LogP contribution is -2.46. The lowest BCUT2D eigenvalue weighted by molar-refractivity contribution is -0.896. The van der Waals surface area contributed by atoms with Crippen molar-refractivity contribution in [1.82, 2.24) is 4.98 Å². The molecular formula is C19H23ClN3O+. The maximum atomic E-state index is 12.2. The molecule has 1 aliphatic rings. The molecule has 1 N–H and O–H groups in total. The summed E-state index contributed by atoms with van der Waals surface area (Å²) in [7, 11) is 4.59. The van der Waals surface area contributed by atoms with Crippen LogP contribution >= 0.6 is 11.6 Å². The van der Waals surface area contributed by atoms with Gasteiger partial charge in [0.25, 0.3) is 5.91 Å². The molecule has 0 saturated carbocycles. The molecule has 1 amide bonds. The third-order valence-corrected chi connectivity index (χ3v) is 4.88. The minimum Gasteiger partial charge on any atom is -0.328 e. The lowest BCUT2D eigenvalue weighted by atomic mass is 9.89. The second-order valence-electron chi connectivity index (χ2n) is 7.13. The molecule has 5 heteroatoms. The van der Waals surface area contributed by atoms with E-state index in [1.807, 2.05) is 12.1 Å². The second-order valence-corrected chi connectivity index (χ2v) is 7.51. The minimum atomic E-state index is -0.178. The molecule has 2 heterocycles. The number of carbonyl (C=O) groups excluding carboxylic acids is 1. The van der Waals surface area contributed by atoms with Crippen LogP contribution in [-0.2, 0) is 0 Å². The number of hydrogen-bond donors (Lipinski definition) is 1. The first-order chi connectivity index (χ1) is 11.4. The van der Waals surface area contributed by atoms with Crippen LogP contribution in [-0.4, -0.2) is 42.6 Å². The summed E-state index contributed by atoms with van der Waals surface area (Å²) in [6, 6.07) is 11.5. The van der Waals surface area contributed by atoms with Gasteiger partial charge in [-0.25, -0.2) is 4.98 Å². The molecule has 0 aliphatic carbocycles. The molecule has 1 atom stereocenters. The molecule has 1 fully saturated rings. The molecule has 24 heavy (non-hydrogen) atoms. The van der Waals surface area contributed by atoms with Crippen LogP contribution in [0.3, 0.4) is 0 Å². The van der Waals surface area contributed by atoms with Crippen LogP contribution in [0.25, 0.3) is 0 Å². The summed E-state index contributed by atoms with van der Waals surface area (Å²) in [5, 5.41) is 3.28. The topological polar surface area (TPSA) is 42.0 Å². The summed E-state index contributed by atoms with van der Waals surface area (Å²) in [5.41, 5.74) is 2.64. The number of anilines is 1. The van der Waals surface area contributed by atoms with Gasteiger partial charge in [-0.3, -0.25) is 4.79 Å². The van der Waals surface area contributed by atoms with E-state index in [2.05, 4.69) is 36.5 Å². The number of likely N-dealkylation sites (tertiary alicyclic amines) is 1. The fraction of sp³-hybridized carbons (Fsp3) is 0.368. The fourth-order valence-corrected chi connectivity index (χ4v) is 3.48. The fourth-order valence-electron chi connectivity index (χ4n) is 3.37. The molecule has 2 aromatic rings. The molecule has 0 spiro atoms. The Morgan fingerprint density at radius 3 is 2.58 bits per heavy atom. The van der Waals surface area contributed by atoms with Crippen molar-refractivity contribution in [2.24, 2.45) is 0 Å². The van der Waals surface area contributed by atoms with Gasteiger partial charge in [0, 0.05) is 17.8 Å². The predicted molar refractivity (Wildman–Crippen MR) is 97.5 cm³/mol. The van der Waals surface area contributed by atoms with Crippen molar-refractivity contribution in [3.63, 3.8) is 0 Å². The number of rotatable bonds is 3. The molecule has 1 unspecified atom stereocenters. The van der Waals surface area contributed by atoms with E-state index in [4.69, 9.17) is 11.6 Å². The molecule has 0 radical (unpaired) electrons. The van der Waals surface area contributed by atoms with E-state index < -0.39 is 0 Å². The Kier molecular flexibility index (Phi) is 4.88. The van der Waals surface area contributed by atoms with Gasteiger partial charge in [-0.15, -0.1) is 0 Å². The number of hydrogen-bond acceptors (Lipinski definition) is 2. The Hall–Kier alpha value is -1.91. The van der Waals surface area contributed by atoms with Crippen molar-refractivity contribution in [2.45, 2.75) is 18.8 Å². The van der Waals surface area contributed by atoms with E-state index in [-0.39, 0.29) is 5.91 Å². The van der Waals surface area contributed by atoms with Crippen LogP contribution in [0.4, 0.5) is 5.69 Å². The van der Waals surface area contributed by atoms with Gasteiger partial charge in [-0.05, 0) is 42.7 Å². The highest BCUT2D eigenvalue weighted by Crippen LogP contribution is 2.29. The number of nitrogens with one attached hydrogen (secondary N) is 1. The Balaban J connectivity index is 1.66. The van der Waals surface area contributed by atoms with E-state index >= 15 is 0 Å². The summed E-state index contributed by atoms with van der Waals surface area (Å²) in [6.45, 7) is 2.42. The van der Waals surface area contributed by atoms with Gasteiger partial charge in [0.2, 0.25) is 0 Å². The maximum Gasteiger partial charge on any atom is 0.257 e. The van der Waals surface area contributed by atoms with Gasteiger partial charge in [-0.2, -0.15) is 0 Å². The average molecular weight is 345 g/mol. The maximum absolute atomic E-state index is 12.2. The zero-order chi connectivity index (χ0) is 17.2. The highest BCUT2D eigenvalue weighted by molar-refractivity contribution is 6.29. The van der Waals surface area contributed by atoms with Gasteiger partial charge in [0.1, 0.15) is 5.15 Å². The van der Waals surface area contributed by atoms with Crippen LogP contribution in [0.2, 0.25) is 5.15 Å². The van der Waals surface area contributed by atoms with E-state index in [9.17, 15) is 4.79 Å². The van der Waals surface area contributed by atoms with Crippen molar-refractivity contribution < 1.29 is 9.28 Å². The highest BCUT2D eigenvalue weighted by atomic mass is 35.5. The number of likely N-dealkylation sites (N-methyl/N-ethyl adjacent to an activating group) is 1. The average Bonchev–Trinajstić information content (AvgIpc) is 2.55. The molecule has 1 aliphatic heterocycles. The van der Waals surface area contributed by atoms with Crippen LogP contribution in [0.5, 0.6) is 0 Å². The number of quaternary nitrogens is 1. The van der Waals surface area contributed by atoms with Crippen LogP contribution in [0, 0.1) is 0 Å². The third kappa shape index (κ3) is 4.13. The Morgan fingerprint density at radius 1 is 1.21 bits per heavy atom. The second kappa shape index (κ2) is 6.91. The van der Waals surface area contributed by atoms with Crippen molar-refractivity contribution in [3.8, 4) is 0 Å². The summed E-state index contributed by atoms with van der Waals surface area (Å²) >= 11 is 5.74. The molecule has 0 bridgehead atoms. The summed E-state index contributed by atoms with van der Waals surface area (Å²) in [4.78, 5) is 16.1. The Bertz CT molecular complexity index is 710. The zero-order valence-electron chi connectivity index (χ0n) is 14.1. The normalized spacial score (nSPS) is 19.7. The van der Waals surface area contributed by atoms with Crippen LogP contribution in [0.1, 0.15) is 34.7 Å². The van der Waals surface area contributed by atoms with E-state index in [0.717, 1.165) is 10.2 Å². The Morgan fingerprint density at radius 2 is 1.96 bits per heavy atom. The van der Waals surface area contributed by atoms with Gasteiger partial charge >= 0.3 is 0 Å². The molecule has 4 nitrogen and oxygen atoms in total. The van der Waals surface area contributed by atoms with E-state index in [0.29, 0.717) is 16.6 Å². The summed E-state index contributed by atoms with van der Waals surface area (Å²) in [6.07, 6.45) is 3.98. The van der Waals surface area contributed by atoms with Crippen LogP contribution < -0.4 is 5.32 Å². The third-order valence-electron chi connectivity index (χ3n) is 4.66. The first-order valence-corrected chi connectivity index (χ1v) is 8.66. The Labute approximate surface area is 148 Å². The van der Waals surface area contributed by atoms with Crippen molar-refractivity contribution in [1.29, 1.82) is 0 Å². The number of pyridine rings is 1. The molecule has 126 valence electrons. The number of halogens is 1.